The first-order valence-corrected chi connectivity index (χ1v) is 4.82. The summed E-state index contributed by atoms with van der Waals surface area (Å²) >= 11 is 0. The molecule has 0 nitrogen and oxygen atoms in total. The van der Waals surface area contributed by atoms with Crippen LogP contribution in [0, 0.1) is 24.7 Å². The molecular weight excluding hydrogens is 263 g/mol. The topological polar surface area (TPSA) is 0 Å². The zero-order valence-electron chi connectivity index (χ0n) is 10.1. The molecule has 0 radical (unpaired) electrons. The minimum atomic E-state index is 0. The second-order valence-electron chi connectivity index (χ2n) is 2.98. The third-order valence-electron chi connectivity index (χ3n) is 1.84. The molecule has 0 unspecified atom stereocenters. The molecule has 0 saturated heterocycles. The average Bonchev–Trinajstić information content (AvgIpc) is 2.41. The van der Waals surface area contributed by atoms with Crippen LogP contribution in [-0.4, -0.2) is 0 Å². The van der Waals surface area contributed by atoms with Gasteiger partial charge in [0.05, 0.1) is 0 Å². The van der Waals surface area contributed by atoms with Crippen molar-refractivity contribution in [1.29, 1.82) is 0 Å². The van der Waals surface area contributed by atoms with Crippen LogP contribution < -0.4 is 18.9 Å². The Hall–Kier alpha value is -1.32. The molecule has 2 rings (SSSR count). The summed E-state index contributed by atoms with van der Waals surface area (Å²) in [5.74, 6) is 4.55. The van der Waals surface area contributed by atoms with E-state index in [1.54, 1.807) is 0 Å². The summed E-state index contributed by atoms with van der Waals surface area (Å²) in [4.78, 5) is 0. The second-order valence-corrected chi connectivity index (χ2v) is 2.98. The van der Waals surface area contributed by atoms with Crippen molar-refractivity contribution in [2.45, 2.75) is 0 Å². The van der Waals surface area contributed by atoms with Crippen molar-refractivity contribution in [2.75, 3.05) is 0 Å². The predicted molar refractivity (Wildman–Crippen MR) is 65.4 cm³/mol. The van der Waals surface area contributed by atoms with Gasteiger partial charge in [0.15, 0.2) is 0 Å². The van der Waals surface area contributed by atoms with Crippen LogP contribution in [0.1, 0.15) is 11.1 Å². The molecule has 0 amide bonds. The van der Waals surface area contributed by atoms with Gasteiger partial charge in [-0.25, -0.2) is 0 Å². The molecule has 0 aromatic heterocycles. The smallest absolute Gasteiger partial charge is 0.366 e. The van der Waals surface area contributed by atoms with E-state index in [1.165, 1.54) is 0 Å². The Bertz CT molecular complexity index is 443. The van der Waals surface area contributed by atoms with E-state index in [9.17, 15) is 0 Å². The van der Waals surface area contributed by atoms with Crippen LogP contribution >= 0.6 is 0 Å². The summed E-state index contributed by atoms with van der Waals surface area (Å²) in [5.41, 5.74) is 1.65. The molecule has 0 aliphatic rings. The monoisotopic (exact) mass is 272 g/mol. The van der Waals surface area contributed by atoms with E-state index < -0.39 is 0 Å². The number of hydrogen-bond donors (Lipinski definition) is 0. The molecule has 0 spiro atoms. The van der Waals surface area contributed by atoms with Crippen LogP contribution in [0.25, 0.3) is 0 Å². The fourth-order valence-corrected chi connectivity index (χ4v) is 1.04. The Morgan fingerprint density at radius 3 is 1.06 bits per heavy atom. The van der Waals surface area contributed by atoms with E-state index in [0.29, 0.717) is 0 Å². The van der Waals surface area contributed by atoms with Gasteiger partial charge in [-0.05, 0) is 0 Å². The zero-order chi connectivity index (χ0) is 11.6. The molecule has 0 bridgehead atoms. The third-order valence-corrected chi connectivity index (χ3v) is 1.84. The number of hydrogen-bond acceptors (Lipinski definition) is 0. The Labute approximate surface area is 132 Å². The maximum absolute atomic E-state index is 6.69. The molecular formula is C16H10CuLi. The van der Waals surface area contributed by atoms with Crippen molar-refractivity contribution in [2.24, 2.45) is 0 Å². The predicted octanol–water partition coefficient (Wildman–Crippen LogP) is 0.250. The van der Waals surface area contributed by atoms with E-state index in [0.717, 1.165) is 11.1 Å². The van der Waals surface area contributed by atoms with E-state index in [4.69, 9.17) is 12.8 Å². The summed E-state index contributed by atoms with van der Waals surface area (Å²) in [6.07, 6.45) is 13.4. The first-order valence-electron chi connectivity index (χ1n) is 4.82. The molecule has 86 valence electrons. The largest absolute Gasteiger partial charge is 1.00 e. The van der Waals surface area contributed by atoms with Gasteiger partial charge in [-0.2, -0.15) is 0 Å². The summed E-state index contributed by atoms with van der Waals surface area (Å²) in [6.45, 7) is 0. The maximum atomic E-state index is 6.69. The van der Waals surface area contributed by atoms with E-state index in [2.05, 4.69) is 11.8 Å². The first-order chi connectivity index (χ1) is 7.86. The van der Waals surface area contributed by atoms with Crippen LogP contribution in [-0.2, 0) is 17.1 Å². The molecule has 2 aromatic carbocycles. The van der Waals surface area contributed by atoms with Crippen molar-refractivity contribution in [3.63, 3.8) is 0 Å². The van der Waals surface area contributed by atoms with Crippen LogP contribution in [0.3, 0.4) is 0 Å². The van der Waals surface area contributed by atoms with Crippen LogP contribution in [0.4, 0.5) is 0 Å². The van der Waals surface area contributed by atoms with Gasteiger partial charge in [0.1, 0.15) is 0 Å². The summed E-state index contributed by atoms with van der Waals surface area (Å²) in [5, 5.41) is 0. The van der Waals surface area contributed by atoms with E-state index >= 15 is 0 Å². The van der Waals surface area contributed by atoms with Gasteiger partial charge in [0.2, 0.25) is 0 Å². The molecule has 0 aliphatic heterocycles. The fraction of sp³-hybridized carbons (Fsp3) is 0. The van der Waals surface area contributed by atoms with Gasteiger partial charge in [0.25, 0.3) is 0 Å². The Morgan fingerprint density at radius 1 is 0.611 bits per heavy atom. The number of rotatable bonds is 0. The third kappa shape index (κ3) is 7.87. The molecule has 2 aromatic rings. The second kappa shape index (κ2) is 12.1. The molecule has 0 fully saturated rings. The van der Waals surface area contributed by atoms with Gasteiger partial charge in [-0.15, -0.1) is 35.4 Å². The normalized spacial score (nSPS) is 7.00. The fourth-order valence-electron chi connectivity index (χ4n) is 1.04. The number of benzene rings is 2. The van der Waals surface area contributed by atoms with Crippen molar-refractivity contribution in [3.05, 3.63) is 84.6 Å². The molecule has 18 heavy (non-hydrogen) atoms. The standard InChI is InChI=1S/2C8H5.Cu.Li/c2*1-2-8-6-4-3-5-7-8;;/h2*3-7H;;/q2*-1;2*+1. The van der Waals surface area contributed by atoms with Crippen molar-refractivity contribution >= 4 is 0 Å². The minimum absolute atomic E-state index is 0. The summed E-state index contributed by atoms with van der Waals surface area (Å²) in [6, 6.07) is 18.7. The molecule has 0 heterocycles. The van der Waals surface area contributed by atoms with Crippen molar-refractivity contribution in [1.82, 2.24) is 0 Å². The average molecular weight is 273 g/mol. The Kier molecular flexibility index (Phi) is 12.8. The van der Waals surface area contributed by atoms with Gasteiger partial charge in [0, 0.05) is 0 Å². The summed E-state index contributed by atoms with van der Waals surface area (Å²) in [7, 11) is 0. The van der Waals surface area contributed by atoms with Crippen LogP contribution in [0.2, 0.25) is 0 Å². The van der Waals surface area contributed by atoms with Crippen molar-refractivity contribution in [3.8, 4) is 11.8 Å². The Morgan fingerprint density at radius 2 is 0.889 bits per heavy atom. The SMILES string of the molecule is [C-]#Cc1ccccc1.[C-]#Cc1ccccc1.[Cu+].[Li+]. The molecule has 2 heteroatoms. The van der Waals surface area contributed by atoms with E-state index in [-0.39, 0.29) is 35.9 Å². The van der Waals surface area contributed by atoms with Crippen molar-refractivity contribution < 1.29 is 35.9 Å². The summed E-state index contributed by atoms with van der Waals surface area (Å²) < 4.78 is 0. The van der Waals surface area contributed by atoms with Crippen LogP contribution in [0.5, 0.6) is 0 Å². The molecule has 0 atom stereocenters. The maximum Gasteiger partial charge on any atom is 1.00 e. The van der Waals surface area contributed by atoms with Gasteiger partial charge in [-0.1, -0.05) is 36.4 Å². The van der Waals surface area contributed by atoms with Gasteiger partial charge < -0.3 is 12.8 Å². The molecule has 0 saturated carbocycles. The van der Waals surface area contributed by atoms with Gasteiger partial charge in [-0.3, -0.25) is 11.8 Å². The minimum Gasteiger partial charge on any atom is -0.366 e. The van der Waals surface area contributed by atoms with E-state index in [1.807, 2.05) is 60.7 Å². The van der Waals surface area contributed by atoms with Crippen LogP contribution in [0.15, 0.2) is 60.7 Å². The first kappa shape index (κ1) is 19.0. The molecule has 0 aliphatic carbocycles. The molecule has 0 N–H and O–H groups in total. The zero-order valence-corrected chi connectivity index (χ0v) is 11.0. The van der Waals surface area contributed by atoms with Gasteiger partial charge >= 0.3 is 35.9 Å². The Balaban J connectivity index is 0. The quantitative estimate of drug-likeness (QED) is 0.366.